The van der Waals surface area contributed by atoms with Gasteiger partial charge in [0.25, 0.3) is 5.91 Å². The molecule has 0 aromatic carbocycles. The lowest BCUT2D eigenvalue weighted by Crippen LogP contribution is -2.64. The summed E-state index contributed by atoms with van der Waals surface area (Å²) in [4.78, 5) is 75.4. The summed E-state index contributed by atoms with van der Waals surface area (Å²) in [6.07, 6.45) is 0.371. The number of hydrogen-bond donors (Lipinski definition) is 3. The number of rotatable bonds is 9. The van der Waals surface area contributed by atoms with Crippen LogP contribution < -0.4 is 10.6 Å². The molecule has 3 rings (SSSR count). The minimum atomic E-state index is -1.48. The van der Waals surface area contributed by atoms with Crippen LogP contribution in [-0.4, -0.2) is 88.9 Å². The number of hydrazine groups is 1. The van der Waals surface area contributed by atoms with E-state index in [4.69, 9.17) is 4.74 Å². The van der Waals surface area contributed by atoms with E-state index >= 15 is 0 Å². The first-order valence-electron chi connectivity index (χ1n) is 11.2. The van der Waals surface area contributed by atoms with Gasteiger partial charge in [-0.15, -0.1) is 11.3 Å². The maximum atomic E-state index is 13.2. The fourth-order valence-electron chi connectivity index (χ4n) is 4.11. The number of aliphatic carboxylic acids is 1. The van der Waals surface area contributed by atoms with Crippen molar-refractivity contribution in [3.8, 4) is 0 Å². The Morgan fingerprint density at radius 2 is 2.00 bits per heavy atom. The van der Waals surface area contributed by atoms with Crippen LogP contribution in [0, 0.1) is 6.92 Å². The first kappa shape index (κ1) is 26.3. The highest BCUT2D eigenvalue weighted by Gasteiger charge is 2.44. The number of likely N-dealkylation sites (N-methyl/N-ethyl adjacent to an activating group) is 1. The topological polar surface area (TPSA) is 162 Å². The Morgan fingerprint density at radius 3 is 2.63 bits per heavy atom. The smallest absolute Gasteiger partial charge is 0.349 e. The van der Waals surface area contributed by atoms with E-state index in [1.54, 1.807) is 25.4 Å². The Kier molecular flexibility index (Phi) is 8.57. The van der Waals surface area contributed by atoms with Crippen LogP contribution in [0.1, 0.15) is 47.3 Å². The Hall–Kier alpha value is -3.32. The maximum absolute atomic E-state index is 13.2. The highest BCUT2D eigenvalue weighted by molar-refractivity contribution is 7.12. The van der Waals surface area contributed by atoms with Gasteiger partial charge in [0.15, 0.2) is 12.4 Å². The van der Waals surface area contributed by atoms with E-state index in [1.807, 2.05) is 0 Å². The Labute approximate surface area is 205 Å². The number of fused-ring (bicyclic) bond motifs is 1. The zero-order valence-corrected chi connectivity index (χ0v) is 20.3. The zero-order valence-electron chi connectivity index (χ0n) is 19.4. The van der Waals surface area contributed by atoms with Crippen LogP contribution >= 0.6 is 11.3 Å². The van der Waals surface area contributed by atoms with Gasteiger partial charge in [-0.2, -0.15) is 0 Å². The summed E-state index contributed by atoms with van der Waals surface area (Å²) >= 11 is 1.15. The Morgan fingerprint density at radius 1 is 1.26 bits per heavy atom. The fraction of sp³-hybridized carbons (Fsp3) is 0.545. The molecule has 1 aromatic rings. The molecule has 0 spiro atoms. The first-order chi connectivity index (χ1) is 16.6. The highest BCUT2D eigenvalue weighted by atomic mass is 32.1. The second-order valence-corrected chi connectivity index (χ2v) is 9.29. The molecule has 190 valence electrons. The molecule has 2 fully saturated rings. The molecule has 3 atom stereocenters. The van der Waals surface area contributed by atoms with Crippen molar-refractivity contribution in [1.82, 2.24) is 20.7 Å². The van der Waals surface area contributed by atoms with E-state index in [0.717, 1.165) is 16.3 Å². The number of ether oxygens (including phenoxy) is 1. The third-order valence-electron chi connectivity index (χ3n) is 5.99. The van der Waals surface area contributed by atoms with E-state index in [0.29, 0.717) is 16.9 Å². The predicted molar refractivity (Wildman–Crippen MR) is 122 cm³/mol. The second kappa shape index (κ2) is 11.4. The monoisotopic (exact) mass is 508 g/mol. The number of nitrogens with one attached hydrogen (secondary N) is 2. The van der Waals surface area contributed by atoms with E-state index < -0.39 is 60.7 Å². The largest absolute Gasteiger partial charge is 0.481 e. The van der Waals surface area contributed by atoms with Gasteiger partial charge in [-0.25, -0.2) is 9.80 Å². The number of carboxylic acid groups (broad SMARTS) is 1. The molecule has 12 nitrogen and oxygen atoms in total. The number of Topliss-reactive ketones (excluding diaryl/α,β-unsaturated/α-hetero) is 1. The first-order valence-corrected chi connectivity index (χ1v) is 12.1. The predicted octanol–water partition coefficient (Wildman–Crippen LogP) is -0.142. The summed E-state index contributed by atoms with van der Waals surface area (Å²) in [5.74, 6) is -4.36. The van der Waals surface area contributed by atoms with Crippen molar-refractivity contribution in [3.63, 3.8) is 0 Å². The minimum absolute atomic E-state index is 0.136. The van der Waals surface area contributed by atoms with Crippen molar-refractivity contribution in [2.45, 2.75) is 57.2 Å². The Bertz CT molecular complexity index is 1020. The molecule has 0 aliphatic carbocycles. The number of carboxylic acids is 1. The second-order valence-electron chi connectivity index (χ2n) is 8.37. The summed E-state index contributed by atoms with van der Waals surface area (Å²) in [7, 11) is 1.59. The number of ketones is 1. The molecule has 1 aromatic heterocycles. The van der Waals surface area contributed by atoms with E-state index in [1.165, 1.54) is 5.01 Å². The molecular weight excluding hydrogens is 480 g/mol. The lowest BCUT2D eigenvalue weighted by Gasteiger charge is -2.43. The van der Waals surface area contributed by atoms with Gasteiger partial charge >= 0.3 is 11.9 Å². The number of esters is 1. The molecule has 35 heavy (non-hydrogen) atoms. The third-order valence-corrected chi connectivity index (χ3v) is 6.99. The van der Waals surface area contributed by atoms with Crippen LogP contribution in [0.25, 0.3) is 0 Å². The van der Waals surface area contributed by atoms with Gasteiger partial charge in [0.2, 0.25) is 11.8 Å². The Balaban J connectivity index is 1.72. The van der Waals surface area contributed by atoms with Gasteiger partial charge in [-0.3, -0.25) is 29.0 Å². The fourth-order valence-corrected chi connectivity index (χ4v) is 4.93. The maximum Gasteiger partial charge on any atom is 0.349 e. The van der Waals surface area contributed by atoms with Crippen molar-refractivity contribution < 1.29 is 38.6 Å². The summed E-state index contributed by atoms with van der Waals surface area (Å²) in [5.41, 5.74) is 0.682. The van der Waals surface area contributed by atoms with E-state index in [-0.39, 0.29) is 31.7 Å². The number of hydrogen-bond acceptors (Lipinski definition) is 9. The lowest BCUT2D eigenvalue weighted by atomic mass is 10.0. The number of thiophene rings is 1. The molecule has 3 amide bonds. The zero-order chi connectivity index (χ0) is 25.7. The van der Waals surface area contributed by atoms with Crippen LogP contribution in [0.5, 0.6) is 0 Å². The minimum Gasteiger partial charge on any atom is -0.481 e. The van der Waals surface area contributed by atoms with E-state index in [2.05, 4.69) is 10.6 Å². The summed E-state index contributed by atoms with van der Waals surface area (Å²) < 4.78 is 5.03. The quantitative estimate of drug-likeness (QED) is 0.385. The molecule has 2 saturated heterocycles. The van der Waals surface area contributed by atoms with Gasteiger partial charge in [0, 0.05) is 13.0 Å². The third kappa shape index (κ3) is 6.03. The van der Waals surface area contributed by atoms with Crippen molar-refractivity contribution in [3.05, 3.63) is 21.9 Å². The van der Waals surface area contributed by atoms with Crippen LogP contribution in [0.4, 0.5) is 0 Å². The molecule has 3 N–H and O–H groups in total. The molecular formula is C22H28N4O8S. The van der Waals surface area contributed by atoms with Crippen LogP contribution in [0.15, 0.2) is 11.4 Å². The van der Waals surface area contributed by atoms with Gasteiger partial charge in [0.1, 0.15) is 17.0 Å². The summed E-state index contributed by atoms with van der Waals surface area (Å²) in [6.45, 7) is 1.26. The number of carbonyl (C=O) groups is 6. The number of amides is 3. The average molecular weight is 509 g/mol. The van der Waals surface area contributed by atoms with Crippen molar-refractivity contribution in [2.75, 3.05) is 20.2 Å². The van der Waals surface area contributed by atoms with Gasteiger partial charge < -0.3 is 20.5 Å². The van der Waals surface area contributed by atoms with Crippen molar-refractivity contribution in [1.29, 1.82) is 0 Å². The molecule has 2 aliphatic rings. The van der Waals surface area contributed by atoms with Gasteiger partial charge in [-0.1, -0.05) is 0 Å². The van der Waals surface area contributed by atoms with Gasteiger partial charge in [-0.05, 0) is 50.2 Å². The SMILES string of the molecule is CNC1CCC(=O)N2CCCC(C(=O)NC(CC(=O)O)C(=O)COC(=O)c3sccc3C)N2C1=O. The van der Waals surface area contributed by atoms with Crippen molar-refractivity contribution in [2.24, 2.45) is 0 Å². The van der Waals surface area contributed by atoms with Gasteiger partial charge in [0.05, 0.1) is 12.5 Å². The molecule has 3 heterocycles. The molecule has 0 bridgehead atoms. The normalized spacial score (nSPS) is 21.1. The molecule has 0 saturated carbocycles. The average Bonchev–Trinajstić information content (AvgIpc) is 3.21. The molecule has 13 heteroatoms. The molecule has 2 aliphatic heterocycles. The van der Waals surface area contributed by atoms with Crippen molar-refractivity contribution >= 4 is 46.8 Å². The molecule has 0 radical (unpaired) electrons. The lowest BCUT2D eigenvalue weighted by molar-refractivity contribution is -0.176. The van der Waals surface area contributed by atoms with Crippen LogP contribution in [-0.2, 0) is 28.7 Å². The number of nitrogens with zero attached hydrogens (tertiary/aromatic N) is 2. The summed E-state index contributed by atoms with van der Waals surface area (Å²) in [6, 6.07) is -1.51. The van der Waals surface area contributed by atoms with Crippen LogP contribution in [0.3, 0.4) is 0 Å². The highest BCUT2D eigenvalue weighted by Crippen LogP contribution is 2.25. The number of aryl methyl sites for hydroxylation is 1. The summed E-state index contributed by atoms with van der Waals surface area (Å²) in [5, 5.41) is 18.6. The van der Waals surface area contributed by atoms with Crippen LogP contribution in [0.2, 0.25) is 0 Å². The molecule has 3 unspecified atom stereocenters. The standard InChI is InChI=1S/C22H28N4O8S/c1-12-7-9-35-19(12)22(33)34-11-16(27)14(10-18(29)30)24-20(31)15-4-3-8-25-17(28)6-5-13(23-2)21(32)26(15)25/h7,9,13-15,23H,3-6,8,10-11H2,1-2H3,(H,24,31)(H,29,30). The van der Waals surface area contributed by atoms with E-state index in [9.17, 15) is 33.9 Å². The number of carbonyl (C=O) groups excluding carboxylic acids is 5.